The molecule has 0 amide bonds. The molecule has 0 spiro atoms. The van der Waals surface area contributed by atoms with Crippen molar-refractivity contribution in [1.29, 1.82) is 0 Å². The predicted octanol–water partition coefficient (Wildman–Crippen LogP) is 1.78. The van der Waals surface area contributed by atoms with Crippen molar-refractivity contribution in [1.82, 2.24) is 9.80 Å². The highest BCUT2D eigenvalue weighted by Gasteiger charge is 2.26. The summed E-state index contributed by atoms with van der Waals surface area (Å²) in [7, 11) is 0. The van der Waals surface area contributed by atoms with Gasteiger partial charge in [-0.25, -0.2) is 0 Å². The Labute approximate surface area is 124 Å². The van der Waals surface area contributed by atoms with Crippen LogP contribution in [0.25, 0.3) is 0 Å². The van der Waals surface area contributed by atoms with Crippen LogP contribution >= 0.6 is 11.3 Å². The van der Waals surface area contributed by atoms with Gasteiger partial charge < -0.3 is 10.9 Å². The standard InChI is InChI=1S/C14H24N4OS/c1-2-4-13(14(15)16-19)18-8-6-17(7-9-18)11-12-5-3-10-20-12/h3,5,10,13,19H,2,4,6-9,11H2,1H3,(H2,15,16). The Balaban J connectivity index is 1.86. The highest BCUT2D eigenvalue weighted by molar-refractivity contribution is 7.09. The smallest absolute Gasteiger partial charge is 0.156 e. The topological polar surface area (TPSA) is 65.1 Å². The van der Waals surface area contributed by atoms with E-state index in [1.807, 2.05) is 11.3 Å². The molecule has 1 aromatic rings. The van der Waals surface area contributed by atoms with Gasteiger partial charge in [0.25, 0.3) is 0 Å². The zero-order chi connectivity index (χ0) is 14.4. The zero-order valence-electron chi connectivity index (χ0n) is 12.0. The summed E-state index contributed by atoms with van der Waals surface area (Å²) >= 11 is 1.81. The van der Waals surface area contributed by atoms with E-state index in [9.17, 15) is 0 Å². The second-order valence-electron chi connectivity index (χ2n) is 5.22. The van der Waals surface area contributed by atoms with E-state index in [2.05, 4.69) is 39.4 Å². The minimum Gasteiger partial charge on any atom is -0.409 e. The molecule has 1 aliphatic heterocycles. The van der Waals surface area contributed by atoms with Gasteiger partial charge in [0, 0.05) is 37.6 Å². The lowest BCUT2D eigenvalue weighted by molar-refractivity contribution is 0.108. The Morgan fingerprint density at radius 1 is 1.45 bits per heavy atom. The molecule has 1 unspecified atom stereocenters. The van der Waals surface area contributed by atoms with Gasteiger partial charge in [-0.1, -0.05) is 24.6 Å². The number of thiophene rings is 1. The molecular formula is C14H24N4OS. The SMILES string of the molecule is CCCC(C(N)=NO)N1CCN(Cc2cccs2)CC1. The van der Waals surface area contributed by atoms with E-state index in [4.69, 9.17) is 10.9 Å². The van der Waals surface area contributed by atoms with Crippen LogP contribution in [0.15, 0.2) is 22.7 Å². The molecule has 0 bridgehead atoms. The summed E-state index contributed by atoms with van der Waals surface area (Å²) in [4.78, 5) is 6.22. The number of hydrogen-bond acceptors (Lipinski definition) is 5. The van der Waals surface area contributed by atoms with Crippen LogP contribution in [0.1, 0.15) is 24.6 Å². The highest BCUT2D eigenvalue weighted by atomic mass is 32.1. The normalized spacial score (nSPS) is 20.1. The number of amidine groups is 1. The van der Waals surface area contributed by atoms with Crippen LogP contribution in [0.5, 0.6) is 0 Å². The van der Waals surface area contributed by atoms with Gasteiger partial charge in [0.05, 0.1) is 6.04 Å². The average molecular weight is 296 g/mol. The molecule has 1 aromatic heterocycles. The molecule has 0 aliphatic carbocycles. The maximum absolute atomic E-state index is 8.91. The molecule has 1 fully saturated rings. The highest BCUT2D eigenvalue weighted by Crippen LogP contribution is 2.16. The van der Waals surface area contributed by atoms with Crippen molar-refractivity contribution < 1.29 is 5.21 Å². The van der Waals surface area contributed by atoms with Crippen molar-refractivity contribution in [3.63, 3.8) is 0 Å². The predicted molar refractivity (Wildman–Crippen MR) is 83.3 cm³/mol. The molecule has 20 heavy (non-hydrogen) atoms. The maximum atomic E-state index is 8.91. The van der Waals surface area contributed by atoms with Gasteiger partial charge in [0.1, 0.15) is 0 Å². The van der Waals surface area contributed by atoms with Crippen LogP contribution in [0.2, 0.25) is 0 Å². The summed E-state index contributed by atoms with van der Waals surface area (Å²) in [6.07, 6.45) is 1.98. The van der Waals surface area contributed by atoms with E-state index in [1.165, 1.54) is 4.88 Å². The van der Waals surface area contributed by atoms with Gasteiger partial charge in [-0.2, -0.15) is 0 Å². The number of nitrogens with two attached hydrogens (primary N) is 1. The summed E-state index contributed by atoms with van der Waals surface area (Å²) in [6.45, 7) is 7.20. The zero-order valence-corrected chi connectivity index (χ0v) is 12.9. The largest absolute Gasteiger partial charge is 0.409 e. The van der Waals surface area contributed by atoms with Gasteiger partial charge in [-0.05, 0) is 17.9 Å². The second-order valence-corrected chi connectivity index (χ2v) is 6.25. The van der Waals surface area contributed by atoms with E-state index < -0.39 is 0 Å². The molecule has 2 heterocycles. The first kappa shape index (κ1) is 15.3. The van der Waals surface area contributed by atoms with Gasteiger partial charge in [-0.3, -0.25) is 9.80 Å². The van der Waals surface area contributed by atoms with Gasteiger partial charge in [-0.15, -0.1) is 11.3 Å². The molecule has 1 atom stereocenters. The summed E-state index contributed by atoms with van der Waals surface area (Å²) in [5, 5.41) is 14.2. The monoisotopic (exact) mass is 296 g/mol. The lowest BCUT2D eigenvalue weighted by Crippen LogP contribution is -2.53. The number of piperazine rings is 1. The van der Waals surface area contributed by atoms with E-state index in [1.54, 1.807) is 0 Å². The van der Waals surface area contributed by atoms with Crippen molar-refractivity contribution >= 4 is 17.2 Å². The molecule has 2 rings (SSSR count). The molecule has 0 radical (unpaired) electrons. The summed E-state index contributed by atoms with van der Waals surface area (Å²) in [6, 6.07) is 4.37. The summed E-state index contributed by atoms with van der Waals surface area (Å²) < 4.78 is 0. The minimum absolute atomic E-state index is 0.0777. The number of rotatable bonds is 6. The van der Waals surface area contributed by atoms with E-state index >= 15 is 0 Å². The third-order valence-corrected chi connectivity index (χ3v) is 4.69. The summed E-state index contributed by atoms with van der Waals surface area (Å²) in [5.74, 6) is 0.346. The van der Waals surface area contributed by atoms with Crippen LogP contribution in [0, 0.1) is 0 Å². The fraction of sp³-hybridized carbons (Fsp3) is 0.643. The first-order chi connectivity index (χ1) is 9.74. The first-order valence-electron chi connectivity index (χ1n) is 7.20. The number of hydrogen-bond donors (Lipinski definition) is 2. The Morgan fingerprint density at radius 2 is 2.20 bits per heavy atom. The van der Waals surface area contributed by atoms with Gasteiger partial charge >= 0.3 is 0 Å². The Bertz CT molecular complexity index is 413. The minimum atomic E-state index is 0.0777. The summed E-state index contributed by atoms with van der Waals surface area (Å²) in [5.41, 5.74) is 5.82. The third-order valence-electron chi connectivity index (χ3n) is 3.83. The Morgan fingerprint density at radius 3 is 2.75 bits per heavy atom. The van der Waals surface area contributed by atoms with Crippen molar-refractivity contribution in [2.24, 2.45) is 10.9 Å². The lowest BCUT2D eigenvalue weighted by atomic mass is 10.1. The molecule has 1 saturated heterocycles. The van der Waals surface area contributed by atoms with Crippen LogP contribution in [-0.4, -0.2) is 53.1 Å². The van der Waals surface area contributed by atoms with Gasteiger partial charge in [0.2, 0.25) is 0 Å². The Hall–Kier alpha value is -1.11. The van der Waals surface area contributed by atoms with Crippen LogP contribution in [0.3, 0.4) is 0 Å². The molecular weight excluding hydrogens is 272 g/mol. The van der Waals surface area contributed by atoms with Crippen LogP contribution in [0.4, 0.5) is 0 Å². The first-order valence-corrected chi connectivity index (χ1v) is 8.08. The van der Waals surface area contributed by atoms with Crippen LogP contribution in [-0.2, 0) is 6.54 Å². The molecule has 112 valence electrons. The molecule has 6 heteroatoms. The molecule has 0 aromatic carbocycles. The van der Waals surface area contributed by atoms with E-state index in [0.29, 0.717) is 5.84 Å². The molecule has 3 N–H and O–H groups in total. The maximum Gasteiger partial charge on any atom is 0.156 e. The fourth-order valence-electron chi connectivity index (χ4n) is 2.71. The molecule has 0 saturated carbocycles. The fourth-order valence-corrected chi connectivity index (χ4v) is 3.46. The van der Waals surface area contributed by atoms with Crippen molar-refractivity contribution in [2.75, 3.05) is 26.2 Å². The van der Waals surface area contributed by atoms with Crippen molar-refractivity contribution in [2.45, 2.75) is 32.4 Å². The molecule has 1 aliphatic rings. The second kappa shape index (κ2) is 7.61. The quantitative estimate of drug-likeness (QED) is 0.363. The van der Waals surface area contributed by atoms with Crippen molar-refractivity contribution in [3.05, 3.63) is 22.4 Å². The van der Waals surface area contributed by atoms with E-state index in [-0.39, 0.29) is 6.04 Å². The number of oxime groups is 1. The molecule has 5 nitrogen and oxygen atoms in total. The van der Waals surface area contributed by atoms with E-state index in [0.717, 1.165) is 45.6 Å². The average Bonchev–Trinajstić information content (AvgIpc) is 2.98. The van der Waals surface area contributed by atoms with Crippen LogP contribution < -0.4 is 5.73 Å². The van der Waals surface area contributed by atoms with Crippen molar-refractivity contribution in [3.8, 4) is 0 Å². The third kappa shape index (κ3) is 3.94. The number of nitrogens with zero attached hydrogens (tertiary/aromatic N) is 3. The van der Waals surface area contributed by atoms with Gasteiger partial charge in [0.15, 0.2) is 5.84 Å². The lowest BCUT2D eigenvalue weighted by Gasteiger charge is -2.38. The Kier molecular flexibility index (Phi) is 5.82.